The molecule has 25 heavy (non-hydrogen) atoms. The highest BCUT2D eigenvalue weighted by molar-refractivity contribution is 7.89. The first-order chi connectivity index (χ1) is 11.6. The van der Waals surface area contributed by atoms with Crippen LogP contribution in [0.5, 0.6) is 0 Å². The van der Waals surface area contributed by atoms with Crippen LogP contribution in [0.25, 0.3) is 0 Å². The van der Waals surface area contributed by atoms with Gasteiger partial charge in [-0.3, -0.25) is 4.79 Å². The number of alkyl halides is 3. The van der Waals surface area contributed by atoms with E-state index in [0.29, 0.717) is 12.8 Å². The van der Waals surface area contributed by atoms with Crippen molar-refractivity contribution >= 4 is 15.9 Å². The Kier molecular flexibility index (Phi) is 6.07. The molecule has 0 aliphatic carbocycles. The molecule has 0 unspecified atom stereocenters. The first kappa shape index (κ1) is 19.7. The van der Waals surface area contributed by atoms with Crippen molar-refractivity contribution in [2.24, 2.45) is 0 Å². The van der Waals surface area contributed by atoms with Crippen LogP contribution >= 0.6 is 0 Å². The van der Waals surface area contributed by atoms with Crippen LogP contribution in [0, 0.1) is 0 Å². The summed E-state index contributed by atoms with van der Waals surface area (Å²) in [6.07, 6.45) is -7.19. The molecular weight excluding hydrogens is 361 g/mol. The standard InChI is InChI=1S/C15H19F3N2O4S/c16-15(17,18)13(21)8-9-19-14(22)12-7-4-10-20(12)25(23,24)11-5-2-1-3-6-11/h1-3,5-6,12-13,21H,4,7-10H2,(H,19,22)/t12-,13+/m1/s1. The van der Waals surface area contributed by atoms with E-state index in [4.69, 9.17) is 5.11 Å². The summed E-state index contributed by atoms with van der Waals surface area (Å²) < 4.78 is 63.0. The van der Waals surface area contributed by atoms with Crippen LogP contribution in [-0.2, 0) is 14.8 Å². The molecule has 0 spiro atoms. The highest BCUT2D eigenvalue weighted by Gasteiger charge is 2.40. The fourth-order valence-electron chi connectivity index (χ4n) is 2.63. The quantitative estimate of drug-likeness (QED) is 0.778. The first-order valence-corrected chi connectivity index (χ1v) is 9.17. The normalized spacial score (nSPS) is 20.4. The zero-order valence-electron chi connectivity index (χ0n) is 13.2. The summed E-state index contributed by atoms with van der Waals surface area (Å²) in [5.74, 6) is -0.661. The monoisotopic (exact) mass is 380 g/mol. The molecule has 1 saturated heterocycles. The van der Waals surface area contributed by atoms with Crippen LogP contribution in [0.4, 0.5) is 13.2 Å². The number of carbonyl (C=O) groups excluding carboxylic acids is 1. The lowest BCUT2D eigenvalue weighted by atomic mass is 10.2. The van der Waals surface area contributed by atoms with Crippen LogP contribution in [0.1, 0.15) is 19.3 Å². The van der Waals surface area contributed by atoms with E-state index < -0.39 is 47.2 Å². The van der Waals surface area contributed by atoms with Gasteiger partial charge >= 0.3 is 6.18 Å². The zero-order chi connectivity index (χ0) is 18.7. The average molecular weight is 380 g/mol. The number of nitrogens with one attached hydrogen (secondary N) is 1. The lowest BCUT2D eigenvalue weighted by molar-refractivity contribution is -0.205. The number of benzene rings is 1. The molecule has 1 aromatic rings. The number of rotatable bonds is 6. The van der Waals surface area contributed by atoms with E-state index in [9.17, 15) is 26.4 Å². The predicted molar refractivity (Wildman–Crippen MR) is 83.0 cm³/mol. The Labute approximate surface area is 143 Å². The molecule has 10 heteroatoms. The van der Waals surface area contributed by atoms with Gasteiger partial charge in [-0.05, 0) is 31.4 Å². The highest BCUT2D eigenvalue weighted by Crippen LogP contribution is 2.26. The van der Waals surface area contributed by atoms with Gasteiger partial charge in [-0.15, -0.1) is 0 Å². The third-order valence-corrected chi connectivity index (χ3v) is 5.87. The Bertz CT molecular complexity index is 694. The maximum absolute atomic E-state index is 12.6. The van der Waals surface area contributed by atoms with Crippen molar-refractivity contribution in [2.75, 3.05) is 13.1 Å². The molecule has 2 rings (SSSR count). The molecule has 1 aliphatic heterocycles. The van der Waals surface area contributed by atoms with E-state index in [-0.39, 0.29) is 11.4 Å². The van der Waals surface area contributed by atoms with Gasteiger partial charge in [0.25, 0.3) is 0 Å². The molecule has 0 aromatic heterocycles. The first-order valence-electron chi connectivity index (χ1n) is 7.73. The van der Waals surface area contributed by atoms with E-state index in [1.807, 2.05) is 0 Å². The van der Waals surface area contributed by atoms with E-state index in [1.165, 1.54) is 12.1 Å². The van der Waals surface area contributed by atoms with Crippen molar-refractivity contribution in [1.29, 1.82) is 0 Å². The average Bonchev–Trinajstić information content (AvgIpc) is 3.05. The van der Waals surface area contributed by atoms with Crippen molar-refractivity contribution in [2.45, 2.75) is 42.5 Å². The number of aliphatic hydroxyl groups is 1. The minimum Gasteiger partial charge on any atom is -0.384 e. The molecule has 1 amide bonds. The number of hydrogen-bond acceptors (Lipinski definition) is 4. The number of sulfonamides is 1. The van der Waals surface area contributed by atoms with Crippen LogP contribution in [-0.4, -0.2) is 55.1 Å². The Morgan fingerprint density at radius 2 is 1.96 bits per heavy atom. The fourth-order valence-corrected chi connectivity index (χ4v) is 4.31. The lowest BCUT2D eigenvalue weighted by Gasteiger charge is -2.23. The Balaban J connectivity index is 2.00. The molecule has 140 valence electrons. The van der Waals surface area contributed by atoms with Gasteiger partial charge in [0.05, 0.1) is 4.90 Å². The molecule has 1 aromatic carbocycles. The second-order valence-corrected chi connectivity index (χ2v) is 7.61. The number of aliphatic hydroxyl groups excluding tert-OH is 1. The Morgan fingerprint density at radius 1 is 1.32 bits per heavy atom. The van der Waals surface area contributed by atoms with Gasteiger partial charge in [0.2, 0.25) is 15.9 Å². The number of carbonyl (C=O) groups is 1. The molecular formula is C15H19F3N2O4S. The third kappa shape index (κ3) is 4.71. The van der Waals surface area contributed by atoms with Gasteiger partial charge < -0.3 is 10.4 Å². The molecule has 0 radical (unpaired) electrons. The number of hydrogen-bond donors (Lipinski definition) is 2. The Morgan fingerprint density at radius 3 is 2.56 bits per heavy atom. The molecule has 0 bridgehead atoms. The zero-order valence-corrected chi connectivity index (χ0v) is 14.1. The van der Waals surface area contributed by atoms with Gasteiger partial charge in [-0.1, -0.05) is 18.2 Å². The molecule has 1 heterocycles. The molecule has 1 fully saturated rings. The van der Waals surface area contributed by atoms with E-state index in [2.05, 4.69) is 5.32 Å². The maximum atomic E-state index is 12.6. The van der Waals surface area contributed by atoms with Crippen LogP contribution in [0.15, 0.2) is 35.2 Å². The summed E-state index contributed by atoms with van der Waals surface area (Å²) in [6.45, 7) is -0.226. The minimum atomic E-state index is -4.75. The predicted octanol–water partition coefficient (Wildman–Crippen LogP) is 1.27. The second kappa shape index (κ2) is 7.71. The van der Waals surface area contributed by atoms with E-state index in [0.717, 1.165) is 4.31 Å². The summed E-state index contributed by atoms with van der Waals surface area (Å²) in [4.78, 5) is 12.2. The third-order valence-electron chi connectivity index (χ3n) is 3.95. The van der Waals surface area contributed by atoms with Crippen LogP contribution < -0.4 is 5.32 Å². The summed E-state index contributed by atoms with van der Waals surface area (Å²) in [5, 5.41) is 11.2. The number of nitrogens with zero attached hydrogens (tertiary/aromatic N) is 1. The topological polar surface area (TPSA) is 86.7 Å². The molecule has 0 saturated carbocycles. The summed E-state index contributed by atoms with van der Waals surface area (Å²) in [5.41, 5.74) is 0. The number of amides is 1. The van der Waals surface area contributed by atoms with Gasteiger partial charge in [0.15, 0.2) is 6.10 Å². The van der Waals surface area contributed by atoms with E-state index >= 15 is 0 Å². The number of halogens is 3. The largest absolute Gasteiger partial charge is 0.414 e. The smallest absolute Gasteiger partial charge is 0.384 e. The van der Waals surface area contributed by atoms with E-state index in [1.54, 1.807) is 18.2 Å². The Hall–Kier alpha value is -1.65. The molecule has 6 nitrogen and oxygen atoms in total. The lowest BCUT2D eigenvalue weighted by Crippen LogP contribution is -2.46. The van der Waals surface area contributed by atoms with Crippen molar-refractivity contribution < 1.29 is 31.5 Å². The van der Waals surface area contributed by atoms with Crippen molar-refractivity contribution in [3.63, 3.8) is 0 Å². The molecule has 2 atom stereocenters. The van der Waals surface area contributed by atoms with Gasteiger partial charge in [0, 0.05) is 13.1 Å². The molecule has 2 N–H and O–H groups in total. The fraction of sp³-hybridized carbons (Fsp3) is 0.533. The van der Waals surface area contributed by atoms with Crippen molar-refractivity contribution in [3.8, 4) is 0 Å². The summed E-state index contributed by atoms with van der Waals surface area (Å²) >= 11 is 0. The van der Waals surface area contributed by atoms with Crippen LogP contribution in [0.3, 0.4) is 0 Å². The van der Waals surface area contributed by atoms with Gasteiger partial charge in [-0.2, -0.15) is 17.5 Å². The minimum absolute atomic E-state index is 0.0576. The SMILES string of the molecule is O=C(NCC[C@H](O)C(F)(F)F)[C@H]1CCCN1S(=O)(=O)c1ccccc1. The van der Waals surface area contributed by atoms with Gasteiger partial charge in [0.1, 0.15) is 6.04 Å². The molecule has 1 aliphatic rings. The summed E-state index contributed by atoms with van der Waals surface area (Å²) in [7, 11) is -3.85. The maximum Gasteiger partial charge on any atom is 0.414 e. The van der Waals surface area contributed by atoms with Crippen LogP contribution in [0.2, 0.25) is 0 Å². The highest BCUT2D eigenvalue weighted by atomic mass is 32.2. The second-order valence-electron chi connectivity index (χ2n) is 5.72. The van der Waals surface area contributed by atoms with Gasteiger partial charge in [-0.25, -0.2) is 8.42 Å². The van der Waals surface area contributed by atoms with Crippen molar-refractivity contribution in [1.82, 2.24) is 9.62 Å². The summed E-state index contributed by atoms with van der Waals surface area (Å²) in [6, 6.07) is 6.67. The van der Waals surface area contributed by atoms with Crippen molar-refractivity contribution in [3.05, 3.63) is 30.3 Å².